The molecule has 2 N–H and O–H groups in total. The number of hydrogen-bond acceptors (Lipinski definition) is 5. The molecule has 15 heavy (non-hydrogen) atoms. The van der Waals surface area contributed by atoms with E-state index in [9.17, 15) is 0 Å². The van der Waals surface area contributed by atoms with E-state index in [1.165, 1.54) is 11.8 Å². The highest BCUT2D eigenvalue weighted by molar-refractivity contribution is 7.99. The summed E-state index contributed by atoms with van der Waals surface area (Å²) in [7, 11) is 0. The van der Waals surface area contributed by atoms with Gasteiger partial charge in [0.05, 0.1) is 0 Å². The summed E-state index contributed by atoms with van der Waals surface area (Å²) in [5, 5.41) is 8.67. The molecule has 78 valence electrons. The van der Waals surface area contributed by atoms with Crippen molar-refractivity contribution in [2.24, 2.45) is 0 Å². The minimum Gasteiger partial charge on any atom is -0.416 e. The Morgan fingerprint density at radius 2 is 2.20 bits per heavy atom. The van der Waals surface area contributed by atoms with Gasteiger partial charge < -0.3 is 10.2 Å². The van der Waals surface area contributed by atoms with Crippen LogP contribution in [-0.4, -0.2) is 10.2 Å². The second-order valence-electron chi connectivity index (χ2n) is 2.87. The molecule has 0 atom stereocenters. The first kappa shape index (κ1) is 10.3. The number of rotatable bonds is 2. The van der Waals surface area contributed by atoms with Crippen LogP contribution in [0.4, 0.5) is 5.69 Å². The molecular formula is C9H8ClN3OS. The first-order chi connectivity index (χ1) is 7.15. The highest BCUT2D eigenvalue weighted by Gasteiger charge is 2.08. The molecule has 0 aliphatic heterocycles. The quantitative estimate of drug-likeness (QED) is 0.819. The predicted octanol–water partition coefficient (Wildman–Crippen LogP) is 2.76. The number of halogens is 1. The first-order valence-electron chi connectivity index (χ1n) is 4.18. The zero-order valence-electron chi connectivity index (χ0n) is 7.90. The first-order valence-corrected chi connectivity index (χ1v) is 5.37. The number of aryl methyl sites for hydroxylation is 1. The second-order valence-corrected chi connectivity index (χ2v) is 4.30. The molecule has 1 aromatic heterocycles. The molecule has 0 saturated carbocycles. The van der Waals surface area contributed by atoms with Crippen LogP contribution in [0.15, 0.2) is 32.7 Å². The lowest BCUT2D eigenvalue weighted by molar-refractivity contribution is 0.429. The summed E-state index contributed by atoms with van der Waals surface area (Å²) < 4.78 is 5.22. The number of nitrogen functional groups attached to an aromatic ring is 1. The van der Waals surface area contributed by atoms with Crippen LogP contribution in [-0.2, 0) is 0 Å². The van der Waals surface area contributed by atoms with Crippen molar-refractivity contribution in [1.82, 2.24) is 10.2 Å². The van der Waals surface area contributed by atoms with E-state index >= 15 is 0 Å². The lowest BCUT2D eigenvalue weighted by Gasteiger charge is -2.01. The molecule has 0 aliphatic rings. The lowest BCUT2D eigenvalue weighted by Crippen LogP contribution is -1.87. The SMILES string of the molecule is Cc1nnc(Sc2cc(Cl)ccc2N)o1. The topological polar surface area (TPSA) is 64.9 Å². The van der Waals surface area contributed by atoms with Gasteiger partial charge in [-0.05, 0) is 30.0 Å². The number of nitrogens with zero attached hydrogens (tertiary/aromatic N) is 2. The lowest BCUT2D eigenvalue weighted by atomic mass is 10.3. The summed E-state index contributed by atoms with van der Waals surface area (Å²) in [5.74, 6) is 0.526. The molecule has 0 saturated heterocycles. The summed E-state index contributed by atoms with van der Waals surface area (Å²) in [4.78, 5) is 0.811. The molecule has 0 bridgehead atoms. The fourth-order valence-electron chi connectivity index (χ4n) is 1.01. The molecule has 6 heteroatoms. The van der Waals surface area contributed by atoms with Crippen molar-refractivity contribution < 1.29 is 4.42 Å². The molecule has 4 nitrogen and oxygen atoms in total. The van der Waals surface area contributed by atoms with Gasteiger partial charge in [0.1, 0.15) is 0 Å². The number of benzene rings is 1. The van der Waals surface area contributed by atoms with Crippen LogP contribution in [0.1, 0.15) is 5.89 Å². The molecule has 0 spiro atoms. The summed E-state index contributed by atoms with van der Waals surface area (Å²) in [6, 6.07) is 5.25. The molecule has 1 heterocycles. The predicted molar refractivity (Wildman–Crippen MR) is 59.0 cm³/mol. The maximum absolute atomic E-state index is 5.85. The van der Waals surface area contributed by atoms with Gasteiger partial charge >= 0.3 is 0 Å². The molecule has 0 fully saturated rings. The van der Waals surface area contributed by atoms with Gasteiger partial charge in [-0.25, -0.2) is 0 Å². The molecule has 0 aliphatic carbocycles. The molecule has 0 amide bonds. The standard InChI is InChI=1S/C9H8ClN3OS/c1-5-12-13-9(14-5)15-8-4-6(10)2-3-7(8)11/h2-4H,11H2,1H3. The van der Waals surface area contributed by atoms with Gasteiger partial charge in [-0.3, -0.25) is 0 Å². The maximum Gasteiger partial charge on any atom is 0.281 e. The van der Waals surface area contributed by atoms with Gasteiger partial charge in [-0.2, -0.15) is 0 Å². The number of aromatic nitrogens is 2. The van der Waals surface area contributed by atoms with Gasteiger partial charge in [0.25, 0.3) is 5.22 Å². The number of anilines is 1. The molecule has 0 unspecified atom stereocenters. The van der Waals surface area contributed by atoms with E-state index < -0.39 is 0 Å². The minimum absolute atomic E-state index is 0.460. The second kappa shape index (κ2) is 4.12. The fraction of sp³-hybridized carbons (Fsp3) is 0.111. The van der Waals surface area contributed by atoms with E-state index in [1.54, 1.807) is 25.1 Å². The van der Waals surface area contributed by atoms with Crippen LogP contribution in [0.25, 0.3) is 0 Å². The highest BCUT2D eigenvalue weighted by Crippen LogP contribution is 2.32. The third kappa shape index (κ3) is 2.43. The van der Waals surface area contributed by atoms with Crippen LogP contribution < -0.4 is 5.73 Å². The van der Waals surface area contributed by atoms with Crippen molar-refractivity contribution in [2.45, 2.75) is 17.0 Å². The van der Waals surface area contributed by atoms with Gasteiger partial charge in [-0.15, -0.1) is 10.2 Å². The number of hydrogen-bond donors (Lipinski definition) is 1. The normalized spacial score (nSPS) is 10.5. The van der Waals surface area contributed by atoms with Crippen molar-refractivity contribution in [1.29, 1.82) is 0 Å². The van der Waals surface area contributed by atoms with Crippen LogP contribution in [0.2, 0.25) is 5.02 Å². The zero-order valence-corrected chi connectivity index (χ0v) is 9.47. The summed E-state index contributed by atoms with van der Waals surface area (Å²) in [6.07, 6.45) is 0. The molecule has 2 aromatic rings. The largest absolute Gasteiger partial charge is 0.416 e. The van der Waals surface area contributed by atoms with E-state index in [2.05, 4.69) is 10.2 Å². The Morgan fingerprint density at radius 1 is 1.40 bits per heavy atom. The van der Waals surface area contributed by atoms with Crippen molar-refractivity contribution in [3.05, 3.63) is 29.1 Å². The van der Waals surface area contributed by atoms with Crippen molar-refractivity contribution >= 4 is 29.1 Å². The van der Waals surface area contributed by atoms with E-state index in [0.717, 1.165) is 4.90 Å². The third-order valence-electron chi connectivity index (χ3n) is 1.68. The highest BCUT2D eigenvalue weighted by atomic mass is 35.5. The number of nitrogens with two attached hydrogens (primary N) is 1. The van der Waals surface area contributed by atoms with Gasteiger partial charge in [-0.1, -0.05) is 11.6 Å². The maximum atomic E-state index is 5.85. The van der Waals surface area contributed by atoms with Crippen molar-refractivity contribution in [2.75, 3.05) is 5.73 Å². The van der Waals surface area contributed by atoms with Crippen LogP contribution >= 0.6 is 23.4 Å². The Morgan fingerprint density at radius 3 is 2.87 bits per heavy atom. The molecule has 2 rings (SSSR count). The zero-order chi connectivity index (χ0) is 10.8. The van der Waals surface area contributed by atoms with Crippen LogP contribution in [0.3, 0.4) is 0 Å². The smallest absolute Gasteiger partial charge is 0.281 e. The minimum atomic E-state index is 0.460. The van der Waals surface area contributed by atoms with Crippen LogP contribution in [0, 0.1) is 6.92 Å². The Kier molecular flexibility index (Phi) is 2.83. The molecular weight excluding hydrogens is 234 g/mol. The monoisotopic (exact) mass is 241 g/mol. The van der Waals surface area contributed by atoms with E-state index in [4.69, 9.17) is 21.8 Å². The van der Waals surface area contributed by atoms with Gasteiger partial charge in [0.2, 0.25) is 5.89 Å². The van der Waals surface area contributed by atoms with E-state index in [-0.39, 0.29) is 0 Å². The Balaban J connectivity index is 2.27. The molecule has 1 aromatic carbocycles. The third-order valence-corrected chi connectivity index (χ3v) is 2.83. The Labute approximate surface area is 95.8 Å². The summed E-state index contributed by atoms with van der Waals surface area (Å²) >= 11 is 7.15. The van der Waals surface area contributed by atoms with Crippen LogP contribution in [0.5, 0.6) is 0 Å². The van der Waals surface area contributed by atoms with Crippen molar-refractivity contribution in [3.8, 4) is 0 Å². The average molecular weight is 242 g/mol. The fourth-order valence-corrected chi connectivity index (χ4v) is 2.05. The van der Waals surface area contributed by atoms with Gasteiger partial charge in [0, 0.05) is 22.5 Å². The van der Waals surface area contributed by atoms with Gasteiger partial charge in [0.15, 0.2) is 0 Å². The molecule has 0 radical (unpaired) electrons. The average Bonchev–Trinajstić information content (AvgIpc) is 2.58. The summed E-state index contributed by atoms with van der Waals surface area (Å²) in [6.45, 7) is 1.73. The van der Waals surface area contributed by atoms with E-state index in [0.29, 0.717) is 21.8 Å². The summed E-state index contributed by atoms with van der Waals surface area (Å²) in [5.41, 5.74) is 6.41. The Hall–Kier alpha value is -1.20. The van der Waals surface area contributed by atoms with Crippen molar-refractivity contribution in [3.63, 3.8) is 0 Å². The van der Waals surface area contributed by atoms with E-state index in [1.807, 2.05) is 0 Å². The Bertz CT molecular complexity index is 486.